The summed E-state index contributed by atoms with van der Waals surface area (Å²) in [5.41, 5.74) is 2.80. The third-order valence-electron chi connectivity index (χ3n) is 6.30. The molecule has 0 unspecified atom stereocenters. The summed E-state index contributed by atoms with van der Waals surface area (Å²) in [5, 5.41) is 3.52. The quantitative estimate of drug-likeness (QED) is 0.410. The van der Waals surface area contributed by atoms with Gasteiger partial charge in [0, 0.05) is 37.5 Å². The fourth-order valence-corrected chi connectivity index (χ4v) is 5.58. The lowest BCUT2D eigenvalue weighted by Crippen LogP contribution is -2.49. The minimum absolute atomic E-state index is 0.117. The highest BCUT2D eigenvalue weighted by atomic mass is 32.1. The van der Waals surface area contributed by atoms with Gasteiger partial charge in [-0.3, -0.25) is 4.79 Å². The SMILES string of the molecule is Cc1nc(Cc2cccc3ccccc23)sc1CC(=O)N1CCN(c2ccccc2F)CC1. The Balaban J connectivity index is 1.23. The molecular weight excluding hydrogens is 433 g/mol. The fourth-order valence-electron chi connectivity index (χ4n) is 4.49. The van der Waals surface area contributed by atoms with E-state index in [9.17, 15) is 9.18 Å². The molecule has 0 spiro atoms. The molecule has 1 aliphatic rings. The Hall–Kier alpha value is -3.25. The van der Waals surface area contributed by atoms with Gasteiger partial charge in [-0.25, -0.2) is 9.37 Å². The molecule has 0 aliphatic carbocycles. The normalized spacial score (nSPS) is 14.1. The highest BCUT2D eigenvalue weighted by Crippen LogP contribution is 2.26. The predicted molar refractivity (Wildman–Crippen MR) is 133 cm³/mol. The zero-order valence-corrected chi connectivity index (χ0v) is 19.4. The van der Waals surface area contributed by atoms with Gasteiger partial charge in [0.25, 0.3) is 0 Å². The largest absolute Gasteiger partial charge is 0.366 e. The number of carbonyl (C=O) groups is 1. The smallest absolute Gasteiger partial charge is 0.228 e. The maximum Gasteiger partial charge on any atom is 0.228 e. The molecule has 33 heavy (non-hydrogen) atoms. The number of amides is 1. The van der Waals surface area contributed by atoms with Gasteiger partial charge in [0.1, 0.15) is 5.82 Å². The summed E-state index contributed by atoms with van der Waals surface area (Å²) in [6.45, 7) is 4.48. The van der Waals surface area contributed by atoms with Crippen LogP contribution in [0.3, 0.4) is 0 Å². The van der Waals surface area contributed by atoms with Crippen molar-refractivity contribution < 1.29 is 9.18 Å². The topological polar surface area (TPSA) is 36.4 Å². The molecule has 168 valence electrons. The molecule has 3 aromatic carbocycles. The Morgan fingerprint density at radius 3 is 2.52 bits per heavy atom. The summed E-state index contributed by atoms with van der Waals surface area (Å²) < 4.78 is 14.1. The number of anilines is 1. The average molecular weight is 460 g/mol. The molecule has 0 atom stereocenters. The third-order valence-corrected chi connectivity index (χ3v) is 7.45. The van der Waals surface area contributed by atoms with Gasteiger partial charge in [0.05, 0.1) is 22.8 Å². The van der Waals surface area contributed by atoms with Crippen LogP contribution in [-0.2, 0) is 17.6 Å². The number of piperazine rings is 1. The first kappa shape index (κ1) is 21.6. The van der Waals surface area contributed by atoms with E-state index in [2.05, 4.69) is 42.5 Å². The minimum Gasteiger partial charge on any atom is -0.366 e. The lowest BCUT2D eigenvalue weighted by Gasteiger charge is -2.36. The molecule has 0 radical (unpaired) electrons. The molecule has 2 heterocycles. The van der Waals surface area contributed by atoms with Crippen LogP contribution in [-0.4, -0.2) is 42.0 Å². The molecule has 0 N–H and O–H groups in total. The predicted octanol–water partition coefficient (Wildman–Crippen LogP) is 5.23. The van der Waals surface area contributed by atoms with Crippen LogP contribution in [0.25, 0.3) is 10.8 Å². The first-order valence-electron chi connectivity index (χ1n) is 11.3. The minimum atomic E-state index is -0.212. The van der Waals surface area contributed by atoms with E-state index in [1.54, 1.807) is 23.5 Å². The Morgan fingerprint density at radius 2 is 1.70 bits per heavy atom. The Kier molecular flexibility index (Phi) is 6.09. The van der Waals surface area contributed by atoms with Crippen molar-refractivity contribution in [2.75, 3.05) is 31.1 Å². The van der Waals surface area contributed by atoms with Crippen LogP contribution in [0.15, 0.2) is 66.7 Å². The van der Waals surface area contributed by atoms with E-state index >= 15 is 0 Å². The Labute approximate surface area is 197 Å². The zero-order valence-electron chi connectivity index (χ0n) is 18.6. The van der Waals surface area contributed by atoms with Gasteiger partial charge in [-0.15, -0.1) is 11.3 Å². The maximum atomic E-state index is 14.1. The number of para-hydroxylation sites is 1. The third kappa shape index (κ3) is 4.62. The molecule has 4 nitrogen and oxygen atoms in total. The van der Waals surface area contributed by atoms with Gasteiger partial charge in [-0.1, -0.05) is 54.6 Å². The van der Waals surface area contributed by atoms with E-state index in [0.29, 0.717) is 38.3 Å². The van der Waals surface area contributed by atoms with E-state index in [0.717, 1.165) is 22.0 Å². The number of hydrogen-bond acceptors (Lipinski definition) is 4. The van der Waals surface area contributed by atoms with Gasteiger partial charge in [0.2, 0.25) is 5.91 Å². The maximum absolute atomic E-state index is 14.1. The van der Waals surface area contributed by atoms with E-state index in [-0.39, 0.29) is 11.7 Å². The highest BCUT2D eigenvalue weighted by molar-refractivity contribution is 7.11. The number of rotatable bonds is 5. The van der Waals surface area contributed by atoms with Crippen LogP contribution in [0.4, 0.5) is 10.1 Å². The molecule has 0 bridgehead atoms. The molecule has 4 aromatic rings. The molecule has 6 heteroatoms. The summed E-state index contributed by atoms with van der Waals surface area (Å²) in [6.07, 6.45) is 1.14. The second-order valence-corrected chi connectivity index (χ2v) is 9.60. The van der Waals surface area contributed by atoms with Crippen molar-refractivity contribution in [2.24, 2.45) is 0 Å². The molecule has 1 aromatic heterocycles. The lowest BCUT2D eigenvalue weighted by molar-refractivity contribution is -0.130. The summed E-state index contributed by atoms with van der Waals surface area (Å²) in [4.78, 5) is 22.7. The highest BCUT2D eigenvalue weighted by Gasteiger charge is 2.24. The first-order valence-corrected chi connectivity index (χ1v) is 12.1. The number of nitrogens with zero attached hydrogens (tertiary/aromatic N) is 3. The van der Waals surface area contributed by atoms with Crippen LogP contribution in [0, 0.1) is 12.7 Å². The summed E-state index contributed by atoms with van der Waals surface area (Å²) in [7, 11) is 0. The van der Waals surface area contributed by atoms with Gasteiger partial charge >= 0.3 is 0 Å². The molecule has 5 rings (SSSR count). The van der Waals surface area contributed by atoms with Gasteiger partial charge in [-0.05, 0) is 35.4 Å². The number of fused-ring (bicyclic) bond motifs is 1. The second-order valence-electron chi connectivity index (χ2n) is 8.43. The number of aromatic nitrogens is 1. The number of benzene rings is 3. The molecular formula is C27H26FN3OS. The van der Waals surface area contributed by atoms with Gasteiger partial charge in [0.15, 0.2) is 0 Å². The van der Waals surface area contributed by atoms with E-state index < -0.39 is 0 Å². The average Bonchev–Trinajstić information content (AvgIpc) is 3.18. The number of carbonyl (C=O) groups excluding carboxylic acids is 1. The summed E-state index contributed by atoms with van der Waals surface area (Å²) >= 11 is 1.64. The monoisotopic (exact) mass is 459 g/mol. The van der Waals surface area contributed by atoms with Gasteiger partial charge in [-0.2, -0.15) is 0 Å². The van der Waals surface area contributed by atoms with Crippen molar-refractivity contribution in [3.8, 4) is 0 Å². The zero-order chi connectivity index (χ0) is 22.8. The second kappa shape index (κ2) is 9.32. The number of aryl methyl sites for hydroxylation is 1. The molecule has 1 saturated heterocycles. The van der Waals surface area contributed by atoms with E-state index in [1.165, 1.54) is 22.4 Å². The van der Waals surface area contributed by atoms with Crippen molar-refractivity contribution in [1.82, 2.24) is 9.88 Å². The van der Waals surface area contributed by atoms with Crippen LogP contribution >= 0.6 is 11.3 Å². The number of hydrogen-bond donors (Lipinski definition) is 0. The number of halogens is 1. The Bertz CT molecular complexity index is 1290. The number of thiazole rings is 1. The first-order chi connectivity index (χ1) is 16.1. The molecule has 1 amide bonds. The fraction of sp³-hybridized carbons (Fsp3) is 0.259. The van der Waals surface area contributed by atoms with E-state index in [4.69, 9.17) is 4.98 Å². The van der Waals surface area contributed by atoms with Crippen molar-refractivity contribution in [3.05, 3.63) is 93.7 Å². The molecule has 1 fully saturated rings. The molecule has 0 saturated carbocycles. The van der Waals surface area contributed by atoms with Crippen molar-refractivity contribution in [2.45, 2.75) is 19.8 Å². The van der Waals surface area contributed by atoms with Crippen LogP contribution in [0.5, 0.6) is 0 Å². The summed E-state index contributed by atoms with van der Waals surface area (Å²) in [6, 6.07) is 21.6. The van der Waals surface area contributed by atoms with Crippen molar-refractivity contribution in [3.63, 3.8) is 0 Å². The standard InChI is InChI=1S/C27H26FN3OS/c1-19-25(33-26(29-19)17-21-9-6-8-20-7-2-3-10-22(20)21)18-27(32)31-15-13-30(14-16-31)24-12-5-4-11-23(24)28/h2-12H,13-18H2,1H3. The van der Waals surface area contributed by atoms with Crippen LogP contribution in [0.1, 0.15) is 21.1 Å². The van der Waals surface area contributed by atoms with Gasteiger partial charge < -0.3 is 9.80 Å². The lowest BCUT2D eigenvalue weighted by atomic mass is 10.0. The molecule has 1 aliphatic heterocycles. The van der Waals surface area contributed by atoms with Crippen LogP contribution in [0.2, 0.25) is 0 Å². The van der Waals surface area contributed by atoms with E-state index in [1.807, 2.05) is 22.8 Å². The Morgan fingerprint density at radius 1 is 0.970 bits per heavy atom. The van der Waals surface area contributed by atoms with Crippen molar-refractivity contribution >= 4 is 33.7 Å². The van der Waals surface area contributed by atoms with Crippen molar-refractivity contribution in [1.29, 1.82) is 0 Å². The van der Waals surface area contributed by atoms with Crippen LogP contribution < -0.4 is 4.90 Å². The summed E-state index contributed by atoms with van der Waals surface area (Å²) in [5.74, 6) is -0.0945.